The normalized spacial score (nSPS) is 10.1. The van der Waals surface area contributed by atoms with E-state index in [1.165, 1.54) is 0 Å². The molecule has 0 fully saturated rings. The fourth-order valence-electron chi connectivity index (χ4n) is 0.914. The molecule has 0 unspecified atom stereocenters. The number of nitrogens with one attached hydrogen (secondary N) is 2. The number of nitrogens with zero attached hydrogens (tertiary/aromatic N) is 1. The van der Waals surface area contributed by atoms with Gasteiger partial charge >= 0.3 is 5.97 Å². The van der Waals surface area contributed by atoms with Crippen LogP contribution in [0.2, 0.25) is 0 Å². The average molecular weight is 199 g/mol. The minimum atomic E-state index is -1.09. The summed E-state index contributed by atoms with van der Waals surface area (Å²) < 4.78 is 4.88. The van der Waals surface area contributed by atoms with Crippen LogP contribution in [0.25, 0.3) is 0 Å². The van der Waals surface area contributed by atoms with E-state index in [9.17, 15) is 4.79 Å². The van der Waals surface area contributed by atoms with Gasteiger partial charge in [-0.15, -0.1) is 0 Å². The molecule has 6 nitrogen and oxygen atoms in total. The van der Waals surface area contributed by atoms with Crippen molar-refractivity contribution in [2.24, 2.45) is 0 Å². The lowest BCUT2D eigenvalue weighted by Gasteiger charge is -1.99. The number of aromatic carboxylic acids is 1. The largest absolute Gasteiger partial charge is 0.476 e. The molecule has 0 radical (unpaired) electrons. The van der Waals surface area contributed by atoms with Gasteiger partial charge in [0.2, 0.25) is 0 Å². The number of hydrogen-bond acceptors (Lipinski definition) is 5. The van der Waals surface area contributed by atoms with Crippen molar-refractivity contribution in [3.8, 4) is 0 Å². The summed E-state index contributed by atoms with van der Waals surface area (Å²) in [4.78, 5) is 14.1. The van der Waals surface area contributed by atoms with E-state index in [0.29, 0.717) is 6.54 Å². The van der Waals surface area contributed by atoms with Gasteiger partial charge in [0.1, 0.15) is 6.26 Å². The first-order chi connectivity index (χ1) is 6.74. The van der Waals surface area contributed by atoms with Gasteiger partial charge in [0.05, 0.1) is 0 Å². The first-order valence-corrected chi connectivity index (χ1v) is 4.31. The molecule has 0 aliphatic rings. The molecule has 1 aromatic rings. The van der Waals surface area contributed by atoms with Gasteiger partial charge in [0.25, 0.3) is 6.01 Å². The standard InChI is InChI=1S/C8H13N3O3/c1-9-3-2-4-10-8-11-6(5-14-8)7(12)13/h5,9H,2-4H2,1H3,(H,10,11)(H,12,13). The smallest absolute Gasteiger partial charge is 0.357 e. The van der Waals surface area contributed by atoms with Crippen molar-refractivity contribution in [3.05, 3.63) is 12.0 Å². The molecule has 0 saturated carbocycles. The fraction of sp³-hybridized carbons (Fsp3) is 0.500. The van der Waals surface area contributed by atoms with Crippen molar-refractivity contribution in [1.82, 2.24) is 10.3 Å². The molecule has 0 atom stereocenters. The van der Waals surface area contributed by atoms with Crippen LogP contribution >= 0.6 is 0 Å². The Hall–Kier alpha value is -1.56. The highest BCUT2D eigenvalue weighted by Gasteiger charge is 2.09. The summed E-state index contributed by atoms with van der Waals surface area (Å²) in [5.41, 5.74) is -0.0823. The highest BCUT2D eigenvalue weighted by molar-refractivity contribution is 5.85. The Morgan fingerprint density at radius 1 is 1.64 bits per heavy atom. The number of carboxylic acid groups (broad SMARTS) is 1. The van der Waals surface area contributed by atoms with Gasteiger partial charge in [-0.25, -0.2) is 4.79 Å². The maximum absolute atomic E-state index is 10.4. The minimum absolute atomic E-state index is 0.0823. The second kappa shape index (κ2) is 5.23. The molecule has 0 aliphatic carbocycles. The molecule has 0 aromatic carbocycles. The van der Waals surface area contributed by atoms with E-state index >= 15 is 0 Å². The van der Waals surface area contributed by atoms with Crippen LogP contribution in [-0.4, -0.2) is 36.2 Å². The Morgan fingerprint density at radius 3 is 3.00 bits per heavy atom. The van der Waals surface area contributed by atoms with Crippen molar-refractivity contribution in [3.63, 3.8) is 0 Å². The number of rotatable bonds is 6. The lowest BCUT2D eigenvalue weighted by atomic mass is 10.4. The first kappa shape index (κ1) is 10.5. The predicted octanol–water partition coefficient (Wildman–Crippen LogP) is 0.394. The number of aromatic nitrogens is 1. The third kappa shape index (κ3) is 3.06. The molecule has 0 aliphatic heterocycles. The summed E-state index contributed by atoms with van der Waals surface area (Å²) in [5, 5.41) is 14.4. The number of oxazole rings is 1. The topological polar surface area (TPSA) is 87.4 Å². The first-order valence-electron chi connectivity index (χ1n) is 4.31. The van der Waals surface area contributed by atoms with Crippen LogP contribution in [-0.2, 0) is 0 Å². The molecule has 3 N–H and O–H groups in total. The third-order valence-electron chi connectivity index (χ3n) is 1.60. The third-order valence-corrected chi connectivity index (χ3v) is 1.60. The van der Waals surface area contributed by atoms with Crippen LogP contribution in [0.1, 0.15) is 16.9 Å². The summed E-state index contributed by atoms with van der Waals surface area (Å²) >= 11 is 0. The second-order valence-corrected chi connectivity index (χ2v) is 2.73. The number of carboxylic acids is 1. The predicted molar refractivity (Wildman–Crippen MR) is 50.5 cm³/mol. The number of hydrogen-bond donors (Lipinski definition) is 3. The van der Waals surface area contributed by atoms with E-state index in [2.05, 4.69) is 15.6 Å². The van der Waals surface area contributed by atoms with E-state index in [4.69, 9.17) is 9.52 Å². The van der Waals surface area contributed by atoms with Crippen molar-refractivity contribution >= 4 is 12.0 Å². The van der Waals surface area contributed by atoms with E-state index in [1.807, 2.05) is 7.05 Å². The zero-order valence-electron chi connectivity index (χ0n) is 7.91. The van der Waals surface area contributed by atoms with Gasteiger partial charge in [-0.2, -0.15) is 4.98 Å². The Kier molecular flexibility index (Phi) is 3.93. The fourth-order valence-corrected chi connectivity index (χ4v) is 0.914. The van der Waals surface area contributed by atoms with Crippen LogP contribution in [0.5, 0.6) is 0 Å². The zero-order valence-corrected chi connectivity index (χ0v) is 7.91. The summed E-state index contributed by atoms with van der Waals surface area (Å²) in [6.07, 6.45) is 2.03. The van der Waals surface area contributed by atoms with Crippen LogP contribution in [0, 0.1) is 0 Å². The Balaban J connectivity index is 2.33. The van der Waals surface area contributed by atoms with Gasteiger partial charge in [0, 0.05) is 6.54 Å². The van der Waals surface area contributed by atoms with Crippen molar-refractivity contribution < 1.29 is 14.3 Å². The lowest BCUT2D eigenvalue weighted by molar-refractivity contribution is 0.0690. The molecule has 14 heavy (non-hydrogen) atoms. The maximum Gasteiger partial charge on any atom is 0.357 e. The quantitative estimate of drug-likeness (QED) is 0.574. The molecule has 0 saturated heterocycles. The molecule has 1 aromatic heterocycles. The van der Waals surface area contributed by atoms with Crippen LogP contribution in [0.3, 0.4) is 0 Å². The van der Waals surface area contributed by atoms with E-state index in [-0.39, 0.29) is 11.7 Å². The summed E-state index contributed by atoms with van der Waals surface area (Å²) in [6, 6.07) is 0.249. The van der Waals surface area contributed by atoms with Crippen LogP contribution in [0.15, 0.2) is 10.7 Å². The van der Waals surface area contributed by atoms with Gasteiger partial charge in [-0.1, -0.05) is 0 Å². The van der Waals surface area contributed by atoms with Crippen LogP contribution < -0.4 is 10.6 Å². The van der Waals surface area contributed by atoms with E-state index < -0.39 is 5.97 Å². The Bertz CT molecular complexity index is 298. The molecule has 78 valence electrons. The van der Waals surface area contributed by atoms with Gasteiger partial charge in [-0.05, 0) is 20.0 Å². The minimum Gasteiger partial charge on any atom is -0.476 e. The number of anilines is 1. The highest BCUT2D eigenvalue weighted by Crippen LogP contribution is 2.06. The van der Waals surface area contributed by atoms with Gasteiger partial charge in [0.15, 0.2) is 5.69 Å². The van der Waals surface area contributed by atoms with E-state index in [1.54, 1.807) is 0 Å². The summed E-state index contributed by atoms with van der Waals surface area (Å²) in [7, 11) is 1.87. The maximum atomic E-state index is 10.4. The van der Waals surface area contributed by atoms with Crippen molar-refractivity contribution in [2.75, 3.05) is 25.5 Å². The molecule has 1 heterocycles. The van der Waals surface area contributed by atoms with Crippen LogP contribution in [0.4, 0.5) is 6.01 Å². The van der Waals surface area contributed by atoms with Crippen molar-refractivity contribution in [1.29, 1.82) is 0 Å². The van der Waals surface area contributed by atoms with Crippen molar-refractivity contribution in [2.45, 2.75) is 6.42 Å². The van der Waals surface area contributed by atoms with Gasteiger partial charge < -0.3 is 20.2 Å². The summed E-state index contributed by atoms with van der Waals surface area (Å²) in [5.74, 6) is -1.09. The molecule has 0 spiro atoms. The SMILES string of the molecule is CNCCCNc1nc(C(=O)O)co1. The average Bonchev–Trinajstić information content (AvgIpc) is 2.61. The zero-order chi connectivity index (χ0) is 10.4. The van der Waals surface area contributed by atoms with E-state index in [0.717, 1.165) is 19.2 Å². The Labute approximate surface area is 81.3 Å². The highest BCUT2D eigenvalue weighted by atomic mass is 16.4. The second-order valence-electron chi connectivity index (χ2n) is 2.73. The molecule has 0 amide bonds. The lowest BCUT2D eigenvalue weighted by Crippen LogP contribution is -2.13. The summed E-state index contributed by atoms with van der Waals surface area (Å²) in [6.45, 7) is 1.58. The monoisotopic (exact) mass is 199 g/mol. The molecule has 1 rings (SSSR count). The number of carbonyl (C=O) groups is 1. The Morgan fingerprint density at radius 2 is 2.43 bits per heavy atom. The molecular weight excluding hydrogens is 186 g/mol. The molecule has 0 bridgehead atoms. The van der Waals surface area contributed by atoms with Gasteiger partial charge in [-0.3, -0.25) is 0 Å². The molecular formula is C8H13N3O3. The molecule has 6 heteroatoms.